The molecule has 2 heteroatoms. The van der Waals surface area contributed by atoms with Crippen LogP contribution in [-0.4, -0.2) is 30.6 Å². The molecular weight excluding hydrogens is 244 g/mol. The van der Waals surface area contributed by atoms with E-state index in [4.69, 9.17) is 0 Å². The molecule has 2 nitrogen and oxygen atoms in total. The molecule has 1 atom stereocenters. The lowest BCUT2D eigenvalue weighted by Gasteiger charge is -2.33. The fraction of sp³-hybridized carbons (Fsp3) is 0.333. The zero-order valence-electron chi connectivity index (χ0n) is 12.0. The summed E-state index contributed by atoms with van der Waals surface area (Å²) in [6, 6.07) is 11.3. The predicted octanol–water partition coefficient (Wildman–Crippen LogP) is 3.15. The number of benzene rings is 1. The molecule has 1 aromatic rings. The van der Waals surface area contributed by atoms with Crippen LogP contribution in [0.25, 0.3) is 0 Å². The monoisotopic (exact) mass is 268 g/mol. The van der Waals surface area contributed by atoms with Gasteiger partial charge in [-0.2, -0.15) is 0 Å². The topological polar surface area (TPSA) is 15.3 Å². The van der Waals surface area contributed by atoms with Crippen LogP contribution >= 0.6 is 0 Å². The van der Waals surface area contributed by atoms with Crippen LogP contribution in [0.3, 0.4) is 0 Å². The summed E-state index contributed by atoms with van der Waals surface area (Å²) in [6.07, 6.45) is 11.2. The van der Waals surface area contributed by atoms with Gasteiger partial charge in [0.05, 0.1) is 0 Å². The SMILES string of the molecule is C=CC=CC=CC[C@H]1CN(Cc2ccccc2)CCN1. The van der Waals surface area contributed by atoms with E-state index in [2.05, 4.69) is 59.3 Å². The third-order valence-corrected chi connectivity index (χ3v) is 3.50. The molecule has 0 unspecified atom stereocenters. The van der Waals surface area contributed by atoms with Crippen molar-refractivity contribution in [2.75, 3.05) is 19.6 Å². The largest absolute Gasteiger partial charge is 0.311 e. The Morgan fingerprint density at radius 3 is 2.85 bits per heavy atom. The maximum atomic E-state index is 3.66. The lowest BCUT2D eigenvalue weighted by atomic mass is 10.1. The average Bonchev–Trinajstić information content (AvgIpc) is 2.48. The van der Waals surface area contributed by atoms with Gasteiger partial charge in [-0.05, 0) is 12.0 Å². The van der Waals surface area contributed by atoms with Crippen molar-refractivity contribution >= 4 is 0 Å². The average molecular weight is 268 g/mol. The maximum Gasteiger partial charge on any atom is 0.0234 e. The zero-order valence-corrected chi connectivity index (χ0v) is 12.0. The van der Waals surface area contributed by atoms with Gasteiger partial charge in [0.15, 0.2) is 0 Å². The van der Waals surface area contributed by atoms with E-state index in [1.807, 2.05) is 12.2 Å². The fourth-order valence-electron chi connectivity index (χ4n) is 2.50. The van der Waals surface area contributed by atoms with E-state index >= 15 is 0 Å². The number of piperazine rings is 1. The lowest BCUT2D eigenvalue weighted by Crippen LogP contribution is -2.49. The molecule has 1 aliphatic heterocycles. The van der Waals surface area contributed by atoms with Crippen LogP contribution in [0.2, 0.25) is 0 Å². The molecule has 106 valence electrons. The third kappa shape index (κ3) is 5.16. The number of nitrogens with one attached hydrogen (secondary N) is 1. The van der Waals surface area contributed by atoms with Gasteiger partial charge in [0.1, 0.15) is 0 Å². The van der Waals surface area contributed by atoms with Crippen molar-refractivity contribution in [3.63, 3.8) is 0 Å². The van der Waals surface area contributed by atoms with Crippen molar-refractivity contribution in [2.24, 2.45) is 0 Å². The summed E-state index contributed by atoms with van der Waals surface area (Å²) in [5.41, 5.74) is 1.40. The Labute approximate surface area is 122 Å². The van der Waals surface area contributed by atoms with Gasteiger partial charge in [0.2, 0.25) is 0 Å². The first-order valence-corrected chi connectivity index (χ1v) is 7.32. The summed E-state index contributed by atoms with van der Waals surface area (Å²) >= 11 is 0. The van der Waals surface area contributed by atoms with Crippen LogP contribution < -0.4 is 5.32 Å². The van der Waals surface area contributed by atoms with E-state index in [0.717, 1.165) is 32.6 Å². The van der Waals surface area contributed by atoms with Crippen LogP contribution in [0.4, 0.5) is 0 Å². The number of hydrogen-bond donors (Lipinski definition) is 1. The maximum absolute atomic E-state index is 3.66. The first-order valence-electron chi connectivity index (χ1n) is 7.32. The third-order valence-electron chi connectivity index (χ3n) is 3.50. The summed E-state index contributed by atoms with van der Waals surface area (Å²) in [5, 5.41) is 3.59. The molecule has 0 saturated carbocycles. The summed E-state index contributed by atoms with van der Waals surface area (Å²) in [5.74, 6) is 0. The number of rotatable bonds is 6. The first-order chi connectivity index (χ1) is 9.88. The van der Waals surface area contributed by atoms with Crippen LogP contribution in [0.1, 0.15) is 12.0 Å². The molecule has 0 spiro atoms. The second-order valence-corrected chi connectivity index (χ2v) is 5.16. The van der Waals surface area contributed by atoms with Crippen molar-refractivity contribution in [1.29, 1.82) is 0 Å². The highest BCUT2D eigenvalue weighted by molar-refractivity contribution is 5.14. The van der Waals surface area contributed by atoms with Crippen LogP contribution in [0.15, 0.2) is 67.3 Å². The molecule has 1 heterocycles. The molecule has 1 aliphatic rings. The molecule has 1 saturated heterocycles. The van der Waals surface area contributed by atoms with Gasteiger partial charge < -0.3 is 5.32 Å². The smallest absolute Gasteiger partial charge is 0.0234 e. The molecule has 2 rings (SSSR count). The predicted molar refractivity (Wildman–Crippen MR) is 86.6 cm³/mol. The highest BCUT2D eigenvalue weighted by atomic mass is 15.2. The molecule has 0 bridgehead atoms. The molecule has 0 aliphatic carbocycles. The van der Waals surface area contributed by atoms with Crippen LogP contribution in [-0.2, 0) is 6.54 Å². The van der Waals surface area contributed by atoms with Gasteiger partial charge in [-0.15, -0.1) is 0 Å². The van der Waals surface area contributed by atoms with Crippen LogP contribution in [0, 0.1) is 0 Å². The Hall–Kier alpha value is -1.64. The Morgan fingerprint density at radius 1 is 1.20 bits per heavy atom. The summed E-state index contributed by atoms with van der Waals surface area (Å²) in [4.78, 5) is 2.53. The summed E-state index contributed by atoms with van der Waals surface area (Å²) in [6.45, 7) is 8.04. The summed E-state index contributed by atoms with van der Waals surface area (Å²) in [7, 11) is 0. The molecular formula is C18H24N2. The second kappa shape index (κ2) is 8.51. The van der Waals surface area contributed by atoms with Crippen molar-refractivity contribution < 1.29 is 0 Å². The lowest BCUT2D eigenvalue weighted by molar-refractivity contribution is 0.193. The number of nitrogens with zero attached hydrogens (tertiary/aromatic N) is 1. The van der Waals surface area contributed by atoms with Crippen molar-refractivity contribution in [3.8, 4) is 0 Å². The molecule has 20 heavy (non-hydrogen) atoms. The zero-order chi connectivity index (χ0) is 14.0. The van der Waals surface area contributed by atoms with Gasteiger partial charge in [-0.3, -0.25) is 4.90 Å². The molecule has 1 N–H and O–H groups in total. The van der Waals surface area contributed by atoms with E-state index < -0.39 is 0 Å². The Kier molecular flexibility index (Phi) is 6.28. The molecule has 1 aromatic carbocycles. The van der Waals surface area contributed by atoms with E-state index in [9.17, 15) is 0 Å². The van der Waals surface area contributed by atoms with Gasteiger partial charge in [-0.1, -0.05) is 67.3 Å². The Balaban J connectivity index is 1.78. The van der Waals surface area contributed by atoms with Crippen molar-refractivity contribution in [1.82, 2.24) is 10.2 Å². The fourth-order valence-corrected chi connectivity index (χ4v) is 2.50. The van der Waals surface area contributed by atoms with Crippen molar-refractivity contribution in [3.05, 3.63) is 72.9 Å². The highest BCUT2D eigenvalue weighted by Gasteiger charge is 2.17. The van der Waals surface area contributed by atoms with E-state index in [1.54, 1.807) is 6.08 Å². The van der Waals surface area contributed by atoms with Gasteiger partial charge in [0, 0.05) is 32.2 Å². The summed E-state index contributed by atoms with van der Waals surface area (Å²) < 4.78 is 0. The minimum absolute atomic E-state index is 0.556. The first kappa shape index (κ1) is 14.8. The normalized spacial score (nSPS) is 20.7. The quantitative estimate of drug-likeness (QED) is 0.797. The van der Waals surface area contributed by atoms with E-state index in [-0.39, 0.29) is 0 Å². The Bertz CT molecular complexity index is 448. The van der Waals surface area contributed by atoms with E-state index in [1.165, 1.54) is 5.56 Å². The molecule has 0 aromatic heterocycles. The molecule has 0 amide bonds. The minimum Gasteiger partial charge on any atom is -0.311 e. The van der Waals surface area contributed by atoms with Crippen LogP contribution in [0.5, 0.6) is 0 Å². The standard InChI is InChI=1S/C18H24N2/c1-2-3-4-5-9-12-18-16-20(14-13-19-18)15-17-10-7-6-8-11-17/h2-11,18-19H,1,12-16H2/t18-/m0/s1. The highest BCUT2D eigenvalue weighted by Crippen LogP contribution is 2.09. The number of hydrogen-bond acceptors (Lipinski definition) is 2. The van der Waals surface area contributed by atoms with Gasteiger partial charge in [0.25, 0.3) is 0 Å². The molecule has 1 fully saturated rings. The number of allylic oxidation sites excluding steroid dienone is 4. The van der Waals surface area contributed by atoms with Gasteiger partial charge in [-0.25, -0.2) is 0 Å². The Morgan fingerprint density at radius 2 is 2.05 bits per heavy atom. The second-order valence-electron chi connectivity index (χ2n) is 5.16. The van der Waals surface area contributed by atoms with E-state index in [0.29, 0.717) is 6.04 Å². The van der Waals surface area contributed by atoms with Crippen molar-refractivity contribution in [2.45, 2.75) is 19.0 Å². The van der Waals surface area contributed by atoms with Gasteiger partial charge >= 0.3 is 0 Å². The molecule has 0 radical (unpaired) electrons. The minimum atomic E-state index is 0.556.